The summed E-state index contributed by atoms with van der Waals surface area (Å²) in [5.41, 5.74) is 0. The summed E-state index contributed by atoms with van der Waals surface area (Å²) in [5.74, 6) is 0. The van der Waals surface area contributed by atoms with Crippen molar-refractivity contribution in [1.82, 2.24) is 0 Å². The van der Waals surface area contributed by atoms with Crippen LogP contribution in [0, 0.1) is 20.2 Å². The summed E-state index contributed by atoms with van der Waals surface area (Å²) >= 11 is 0. The first kappa shape index (κ1) is 12.4. The topological polar surface area (TPSA) is 107 Å². The molecule has 8 heteroatoms. The number of aliphatic hydroxyl groups is 1. The van der Waals surface area contributed by atoms with E-state index in [2.05, 4.69) is 0 Å². The molecule has 7 nitrogen and oxygen atoms in total. The molecular formula is C2H5N2NaO5. The molecule has 0 saturated carbocycles. The second kappa shape index (κ2) is 5.54. The molecule has 0 aliphatic rings. The Kier molecular flexibility index (Phi) is 6.89. The van der Waals surface area contributed by atoms with Gasteiger partial charge in [0.15, 0.2) is 6.61 Å². The van der Waals surface area contributed by atoms with Crippen LogP contribution < -0.4 is 0 Å². The molecule has 54 valence electrons. The van der Waals surface area contributed by atoms with Crippen LogP contribution in [0.5, 0.6) is 0 Å². The molecule has 0 unspecified atom stereocenters. The first-order valence-electron chi connectivity index (χ1n) is 1.97. The molecule has 0 fully saturated rings. The van der Waals surface area contributed by atoms with Crippen LogP contribution in [0.15, 0.2) is 0 Å². The average molecular weight is 160 g/mol. The third-order valence-electron chi connectivity index (χ3n) is 0.650. The number of aliphatic hydroxyl groups excluding tert-OH is 1. The first-order valence-corrected chi connectivity index (χ1v) is 1.97. The first-order chi connectivity index (χ1) is 4.09. The number of nitro groups is 2. The fourth-order valence-electron chi connectivity index (χ4n) is 0.210. The number of rotatable bonds is 3. The predicted molar refractivity (Wildman–Crippen MR) is 32.0 cm³/mol. The summed E-state index contributed by atoms with van der Waals surface area (Å²) in [6.45, 7) is -1.07. The van der Waals surface area contributed by atoms with Gasteiger partial charge in [-0.25, -0.2) is 0 Å². The SMILES string of the molecule is O=[N+]([O-])C(CO)[N+](=O)[O-].[NaH]. The van der Waals surface area contributed by atoms with Crippen LogP contribution >= 0.6 is 0 Å². The van der Waals surface area contributed by atoms with E-state index in [9.17, 15) is 20.2 Å². The molecule has 0 aliphatic carbocycles. The van der Waals surface area contributed by atoms with Crippen LogP contribution in [0.2, 0.25) is 0 Å². The summed E-state index contributed by atoms with van der Waals surface area (Å²) in [7, 11) is 0. The molecule has 1 N–H and O–H groups in total. The van der Waals surface area contributed by atoms with E-state index >= 15 is 0 Å². The number of hydrogen-bond donors (Lipinski definition) is 1. The van der Waals surface area contributed by atoms with Gasteiger partial charge in [0.25, 0.3) is 0 Å². The third kappa shape index (κ3) is 3.72. The molecule has 0 aliphatic heterocycles. The number of hydrogen-bond acceptors (Lipinski definition) is 5. The van der Waals surface area contributed by atoms with E-state index < -0.39 is 22.6 Å². The molecule has 0 spiro atoms. The Balaban J connectivity index is 0. The van der Waals surface area contributed by atoms with E-state index in [0.29, 0.717) is 0 Å². The van der Waals surface area contributed by atoms with Crippen LogP contribution in [-0.4, -0.2) is 57.3 Å². The van der Waals surface area contributed by atoms with Crippen molar-refractivity contribution < 1.29 is 15.0 Å². The molecule has 0 atom stereocenters. The number of nitrogens with zero attached hydrogens (tertiary/aromatic N) is 2. The van der Waals surface area contributed by atoms with Crippen LogP contribution in [-0.2, 0) is 0 Å². The molecule has 10 heavy (non-hydrogen) atoms. The average Bonchev–Trinajstić information content (AvgIpc) is 1.64. The van der Waals surface area contributed by atoms with Crippen molar-refractivity contribution in [2.75, 3.05) is 6.61 Å². The Labute approximate surface area is 77.6 Å². The van der Waals surface area contributed by atoms with Crippen molar-refractivity contribution in [3.8, 4) is 0 Å². The minimum atomic E-state index is -2.08. The van der Waals surface area contributed by atoms with E-state index in [0.717, 1.165) is 0 Å². The summed E-state index contributed by atoms with van der Waals surface area (Å²) in [4.78, 5) is 16.8. The normalized spacial score (nSPS) is 8.60. The zero-order valence-electron chi connectivity index (χ0n) is 4.26. The van der Waals surface area contributed by atoms with E-state index in [-0.39, 0.29) is 29.6 Å². The zero-order chi connectivity index (χ0) is 7.44. The van der Waals surface area contributed by atoms with Gasteiger partial charge in [-0.3, -0.25) is 20.2 Å². The quantitative estimate of drug-likeness (QED) is 0.227. The van der Waals surface area contributed by atoms with Gasteiger partial charge in [-0.1, -0.05) is 0 Å². The summed E-state index contributed by atoms with van der Waals surface area (Å²) in [6, 6.07) is 0. The molecule has 0 aromatic rings. The molecular weight excluding hydrogens is 155 g/mol. The monoisotopic (exact) mass is 160 g/mol. The molecule has 0 radical (unpaired) electrons. The molecule has 0 aromatic carbocycles. The van der Waals surface area contributed by atoms with Crippen molar-refractivity contribution in [1.29, 1.82) is 0 Å². The molecule has 0 bridgehead atoms. The van der Waals surface area contributed by atoms with E-state index in [4.69, 9.17) is 5.11 Å². The van der Waals surface area contributed by atoms with Gasteiger partial charge in [0.05, 0.1) is 9.85 Å². The Morgan fingerprint density at radius 2 is 1.60 bits per heavy atom. The van der Waals surface area contributed by atoms with Crippen molar-refractivity contribution in [2.24, 2.45) is 0 Å². The van der Waals surface area contributed by atoms with Crippen molar-refractivity contribution in [2.45, 2.75) is 6.17 Å². The maximum atomic E-state index is 9.58. The van der Waals surface area contributed by atoms with Gasteiger partial charge in [-0.05, 0) is 0 Å². The second-order valence-electron chi connectivity index (χ2n) is 1.23. The zero-order valence-corrected chi connectivity index (χ0v) is 4.26. The van der Waals surface area contributed by atoms with Gasteiger partial charge >= 0.3 is 35.7 Å². The fraction of sp³-hybridized carbons (Fsp3) is 1.00. The fourth-order valence-corrected chi connectivity index (χ4v) is 0.210. The second-order valence-corrected chi connectivity index (χ2v) is 1.23. The molecule has 0 saturated heterocycles. The van der Waals surface area contributed by atoms with E-state index in [1.165, 1.54) is 0 Å². The Hall–Kier alpha value is -0.240. The predicted octanol–water partition coefficient (Wildman–Crippen LogP) is -1.79. The van der Waals surface area contributed by atoms with Crippen LogP contribution in [0.25, 0.3) is 0 Å². The summed E-state index contributed by atoms with van der Waals surface area (Å²) in [6.07, 6.45) is -2.08. The molecule has 0 amide bonds. The molecule has 0 rings (SSSR count). The Bertz CT molecular complexity index is 124. The van der Waals surface area contributed by atoms with Gasteiger partial charge in [-0.2, -0.15) is 0 Å². The molecule has 0 aromatic heterocycles. The Morgan fingerprint density at radius 1 is 1.30 bits per heavy atom. The van der Waals surface area contributed by atoms with Gasteiger partial charge in [0.1, 0.15) is 0 Å². The van der Waals surface area contributed by atoms with E-state index in [1.807, 2.05) is 0 Å². The van der Waals surface area contributed by atoms with E-state index in [1.54, 1.807) is 0 Å². The van der Waals surface area contributed by atoms with Gasteiger partial charge in [0, 0.05) is 0 Å². The van der Waals surface area contributed by atoms with Gasteiger partial charge in [0.2, 0.25) is 0 Å². The summed E-state index contributed by atoms with van der Waals surface area (Å²) < 4.78 is 0. The standard InChI is InChI=1S/C2H4N2O5.Na.H/c5-1-2(3(6)7)4(8)9;;/h2,5H,1H2;;. The van der Waals surface area contributed by atoms with Crippen LogP contribution in [0.4, 0.5) is 0 Å². The van der Waals surface area contributed by atoms with Crippen molar-refractivity contribution in [3.05, 3.63) is 20.2 Å². The van der Waals surface area contributed by atoms with Crippen molar-refractivity contribution in [3.63, 3.8) is 0 Å². The van der Waals surface area contributed by atoms with Crippen LogP contribution in [0.3, 0.4) is 0 Å². The van der Waals surface area contributed by atoms with Gasteiger partial charge < -0.3 is 5.11 Å². The van der Waals surface area contributed by atoms with Crippen molar-refractivity contribution >= 4 is 29.6 Å². The maximum absolute atomic E-state index is 9.58. The molecule has 0 heterocycles. The third-order valence-corrected chi connectivity index (χ3v) is 0.650. The summed E-state index contributed by atoms with van der Waals surface area (Å²) in [5, 5.41) is 27.1. The minimum absolute atomic E-state index is 0. The Morgan fingerprint density at radius 3 is 1.60 bits per heavy atom. The van der Waals surface area contributed by atoms with Gasteiger partial charge in [-0.15, -0.1) is 0 Å². The van der Waals surface area contributed by atoms with Crippen LogP contribution in [0.1, 0.15) is 0 Å².